The average Bonchev–Trinajstić information content (AvgIpc) is 2.91. The summed E-state index contributed by atoms with van der Waals surface area (Å²) in [6.07, 6.45) is -2.97. The van der Waals surface area contributed by atoms with Crippen molar-refractivity contribution in [1.29, 1.82) is 0 Å². The van der Waals surface area contributed by atoms with E-state index in [9.17, 15) is 5.11 Å². The smallest absolute Gasteiger partial charge is 0.186 e. The minimum absolute atomic E-state index is 0.226. The number of hydrogen-bond donors (Lipinski definition) is 1. The zero-order chi connectivity index (χ0) is 23.6. The Morgan fingerprint density at radius 3 is 1.44 bits per heavy atom. The van der Waals surface area contributed by atoms with Crippen LogP contribution in [-0.2, 0) is 43.5 Å². The summed E-state index contributed by atoms with van der Waals surface area (Å²) in [6, 6.07) is 29.8. The molecule has 1 N–H and O–H groups in total. The van der Waals surface area contributed by atoms with Crippen molar-refractivity contribution in [2.75, 3.05) is 13.7 Å². The van der Waals surface area contributed by atoms with E-state index in [1.807, 2.05) is 91.0 Å². The highest BCUT2D eigenvalue weighted by Crippen LogP contribution is 2.30. The fourth-order valence-corrected chi connectivity index (χ4v) is 4.08. The van der Waals surface area contributed by atoms with Gasteiger partial charge >= 0.3 is 0 Å². The number of hydrogen-bond acceptors (Lipinski definition) is 6. The van der Waals surface area contributed by atoms with Crippen LogP contribution in [0.5, 0.6) is 0 Å². The minimum Gasteiger partial charge on any atom is -0.394 e. The average molecular weight is 465 g/mol. The highest BCUT2D eigenvalue weighted by atomic mass is 16.7. The van der Waals surface area contributed by atoms with E-state index in [4.69, 9.17) is 23.7 Å². The first kappa shape index (κ1) is 24.5. The number of aliphatic hydroxyl groups is 1. The number of rotatable bonds is 11. The van der Waals surface area contributed by atoms with Gasteiger partial charge in [-0.25, -0.2) is 0 Å². The Kier molecular flexibility index (Phi) is 9.21. The molecule has 0 bridgehead atoms. The van der Waals surface area contributed by atoms with Crippen LogP contribution in [0.15, 0.2) is 91.0 Å². The third-order valence-corrected chi connectivity index (χ3v) is 5.86. The second-order valence-electron chi connectivity index (χ2n) is 8.24. The van der Waals surface area contributed by atoms with Crippen molar-refractivity contribution in [2.45, 2.75) is 50.5 Å². The normalized spacial score (nSPS) is 24.7. The quantitative estimate of drug-likeness (QED) is 0.461. The van der Waals surface area contributed by atoms with Crippen LogP contribution in [0.4, 0.5) is 0 Å². The first-order valence-corrected chi connectivity index (χ1v) is 11.5. The van der Waals surface area contributed by atoms with E-state index in [0.717, 1.165) is 16.7 Å². The number of aliphatic hydroxyl groups excluding tert-OH is 1. The lowest BCUT2D eigenvalue weighted by atomic mass is 9.98. The molecule has 6 nitrogen and oxygen atoms in total. The Morgan fingerprint density at radius 2 is 1.03 bits per heavy atom. The lowest BCUT2D eigenvalue weighted by molar-refractivity contribution is -0.321. The molecule has 180 valence electrons. The summed E-state index contributed by atoms with van der Waals surface area (Å²) in [5, 5.41) is 10.1. The lowest BCUT2D eigenvalue weighted by Gasteiger charge is -2.45. The van der Waals surface area contributed by atoms with Crippen molar-refractivity contribution in [2.24, 2.45) is 0 Å². The molecule has 2 unspecified atom stereocenters. The van der Waals surface area contributed by atoms with Gasteiger partial charge in [-0.05, 0) is 16.7 Å². The maximum atomic E-state index is 10.1. The summed E-state index contributed by atoms with van der Waals surface area (Å²) in [7, 11) is 1.57. The molecule has 1 saturated heterocycles. The molecule has 1 fully saturated rings. The van der Waals surface area contributed by atoms with E-state index in [1.54, 1.807) is 7.11 Å². The second kappa shape index (κ2) is 12.8. The van der Waals surface area contributed by atoms with Gasteiger partial charge in [-0.3, -0.25) is 0 Å². The number of benzene rings is 3. The van der Waals surface area contributed by atoms with Crippen LogP contribution in [0, 0.1) is 0 Å². The number of methoxy groups -OCH3 is 1. The van der Waals surface area contributed by atoms with E-state index >= 15 is 0 Å². The number of ether oxygens (including phenoxy) is 5. The monoisotopic (exact) mass is 464 g/mol. The Labute approximate surface area is 201 Å². The van der Waals surface area contributed by atoms with Crippen molar-refractivity contribution in [3.8, 4) is 0 Å². The van der Waals surface area contributed by atoms with Crippen molar-refractivity contribution >= 4 is 0 Å². The van der Waals surface area contributed by atoms with Crippen LogP contribution in [0.25, 0.3) is 0 Å². The van der Waals surface area contributed by atoms with Gasteiger partial charge in [-0.1, -0.05) is 91.0 Å². The van der Waals surface area contributed by atoms with Crippen molar-refractivity contribution in [1.82, 2.24) is 0 Å². The van der Waals surface area contributed by atoms with Gasteiger partial charge < -0.3 is 28.8 Å². The van der Waals surface area contributed by atoms with Gasteiger partial charge in [0.2, 0.25) is 0 Å². The first-order chi connectivity index (χ1) is 16.8. The van der Waals surface area contributed by atoms with Gasteiger partial charge in [0.1, 0.15) is 24.4 Å². The summed E-state index contributed by atoms with van der Waals surface area (Å²) in [6.45, 7) is 0.876. The topological polar surface area (TPSA) is 66.4 Å². The maximum absolute atomic E-state index is 10.1. The molecule has 3 aromatic rings. The third kappa shape index (κ3) is 6.51. The Hall–Kier alpha value is -2.58. The highest BCUT2D eigenvalue weighted by molar-refractivity contribution is 5.15. The molecule has 0 radical (unpaired) electrons. The predicted octanol–water partition coefficient (Wildman–Crippen LogP) is 4.11. The molecular weight excluding hydrogens is 432 g/mol. The second-order valence-corrected chi connectivity index (χ2v) is 8.24. The molecule has 0 spiro atoms. The summed E-state index contributed by atoms with van der Waals surface area (Å²) >= 11 is 0. The molecule has 6 heteroatoms. The Balaban J connectivity index is 1.56. The SMILES string of the molecule is CO[C@H]1OC(CO)[C@@H](OCc2ccccc2)[C@H](OCc2ccccc2)C1OCc1ccccc1. The van der Waals surface area contributed by atoms with E-state index < -0.39 is 30.7 Å². The van der Waals surface area contributed by atoms with Gasteiger partial charge in [0.05, 0.1) is 26.4 Å². The van der Waals surface area contributed by atoms with E-state index in [2.05, 4.69) is 0 Å². The van der Waals surface area contributed by atoms with Crippen molar-refractivity contribution < 1.29 is 28.8 Å². The summed E-state index contributed by atoms with van der Waals surface area (Å²) in [5.74, 6) is 0. The standard InChI is InChI=1S/C28H32O6/c1-30-28-27(33-20-23-15-9-4-10-16-23)26(32-19-22-13-7-3-8-14-22)25(24(17-29)34-28)31-18-21-11-5-2-6-12-21/h2-16,24-29H,17-20H2,1H3/t24?,25-,26+,27?,28+/m1/s1. The zero-order valence-corrected chi connectivity index (χ0v) is 19.4. The fraction of sp³-hybridized carbons (Fsp3) is 0.357. The Bertz CT molecular complexity index is 895. The molecular formula is C28H32O6. The van der Waals surface area contributed by atoms with Crippen LogP contribution < -0.4 is 0 Å². The molecule has 0 aromatic heterocycles. The lowest BCUT2D eigenvalue weighted by Crippen LogP contribution is -2.61. The minimum atomic E-state index is -0.710. The fourth-order valence-electron chi connectivity index (χ4n) is 4.08. The molecule has 1 heterocycles. The molecule has 0 amide bonds. The molecule has 0 aliphatic carbocycles. The van der Waals surface area contributed by atoms with Crippen molar-refractivity contribution in [3.63, 3.8) is 0 Å². The molecule has 1 aliphatic heterocycles. The summed E-state index contributed by atoms with van der Waals surface area (Å²) < 4.78 is 30.7. The zero-order valence-electron chi connectivity index (χ0n) is 19.4. The summed E-state index contributed by atoms with van der Waals surface area (Å²) in [5.41, 5.74) is 3.09. The summed E-state index contributed by atoms with van der Waals surface area (Å²) in [4.78, 5) is 0. The molecule has 5 atom stereocenters. The Morgan fingerprint density at radius 1 is 0.618 bits per heavy atom. The maximum Gasteiger partial charge on any atom is 0.186 e. The van der Waals surface area contributed by atoms with Crippen LogP contribution >= 0.6 is 0 Å². The molecule has 1 aliphatic rings. The van der Waals surface area contributed by atoms with E-state index in [0.29, 0.717) is 19.8 Å². The van der Waals surface area contributed by atoms with E-state index in [-0.39, 0.29) is 6.61 Å². The van der Waals surface area contributed by atoms with Gasteiger partial charge in [0, 0.05) is 7.11 Å². The van der Waals surface area contributed by atoms with E-state index in [1.165, 1.54) is 0 Å². The van der Waals surface area contributed by atoms with Gasteiger partial charge in [-0.2, -0.15) is 0 Å². The first-order valence-electron chi connectivity index (χ1n) is 11.5. The van der Waals surface area contributed by atoms with Crippen molar-refractivity contribution in [3.05, 3.63) is 108 Å². The molecule has 34 heavy (non-hydrogen) atoms. The third-order valence-electron chi connectivity index (χ3n) is 5.86. The molecule has 3 aromatic carbocycles. The van der Waals surface area contributed by atoms with Crippen LogP contribution in [0.3, 0.4) is 0 Å². The molecule has 4 rings (SSSR count). The van der Waals surface area contributed by atoms with Crippen LogP contribution in [0.1, 0.15) is 16.7 Å². The van der Waals surface area contributed by atoms with Crippen LogP contribution in [-0.4, -0.2) is 49.5 Å². The largest absolute Gasteiger partial charge is 0.394 e. The molecule has 0 saturated carbocycles. The highest BCUT2D eigenvalue weighted by Gasteiger charge is 2.48. The van der Waals surface area contributed by atoms with Gasteiger partial charge in [-0.15, -0.1) is 0 Å². The van der Waals surface area contributed by atoms with Gasteiger partial charge in [0.15, 0.2) is 6.29 Å². The predicted molar refractivity (Wildman–Crippen MR) is 128 cm³/mol. The van der Waals surface area contributed by atoms with Crippen LogP contribution in [0.2, 0.25) is 0 Å². The van der Waals surface area contributed by atoms with Gasteiger partial charge in [0.25, 0.3) is 0 Å².